The van der Waals surface area contributed by atoms with E-state index < -0.39 is 6.10 Å². The molecule has 2 aliphatic heterocycles. The van der Waals surface area contributed by atoms with Crippen LogP contribution in [0.1, 0.15) is 24.3 Å². The summed E-state index contributed by atoms with van der Waals surface area (Å²) < 4.78 is 10.6. The maximum Gasteiger partial charge on any atom is 0.410 e. The van der Waals surface area contributed by atoms with Crippen LogP contribution in [0.15, 0.2) is 12.1 Å². The molecule has 0 aliphatic carbocycles. The van der Waals surface area contributed by atoms with Crippen molar-refractivity contribution in [1.29, 1.82) is 0 Å². The summed E-state index contributed by atoms with van der Waals surface area (Å²) in [6.07, 6.45) is 0.570. The molecule has 1 aromatic carbocycles. The van der Waals surface area contributed by atoms with Gasteiger partial charge in [0.2, 0.25) is 0 Å². The van der Waals surface area contributed by atoms with Crippen molar-refractivity contribution in [3.8, 4) is 5.75 Å². The minimum absolute atomic E-state index is 0.0381. The molecule has 2 aliphatic rings. The summed E-state index contributed by atoms with van der Waals surface area (Å²) in [6.45, 7) is 0.361. The van der Waals surface area contributed by atoms with E-state index in [-0.39, 0.29) is 24.7 Å². The highest BCUT2D eigenvalue weighted by molar-refractivity contribution is 6.42. The molecule has 2 fully saturated rings. The predicted octanol–water partition coefficient (Wildman–Crippen LogP) is 3.06. The van der Waals surface area contributed by atoms with Crippen molar-refractivity contribution in [2.24, 2.45) is 0 Å². The minimum atomic E-state index is -0.427. The van der Waals surface area contributed by atoms with Crippen molar-refractivity contribution < 1.29 is 19.4 Å². The fourth-order valence-corrected chi connectivity index (χ4v) is 3.83. The molecule has 1 amide bonds. The lowest BCUT2D eigenvalue weighted by Crippen LogP contribution is -2.46. The van der Waals surface area contributed by atoms with Crippen LogP contribution in [0.25, 0.3) is 0 Å². The molecule has 0 bridgehead atoms. The zero-order chi connectivity index (χ0) is 15.9. The second-order valence-corrected chi connectivity index (χ2v) is 6.43. The molecule has 7 heteroatoms. The third kappa shape index (κ3) is 2.62. The monoisotopic (exact) mass is 345 g/mol. The van der Waals surface area contributed by atoms with Crippen molar-refractivity contribution in [2.75, 3.05) is 20.3 Å². The van der Waals surface area contributed by atoms with Crippen LogP contribution in [0.2, 0.25) is 10.0 Å². The van der Waals surface area contributed by atoms with Gasteiger partial charge in [0.1, 0.15) is 11.9 Å². The first kappa shape index (κ1) is 15.7. The third-order valence-electron chi connectivity index (χ3n) is 4.38. The molecule has 1 aromatic rings. The number of rotatable bonds is 3. The number of hydrogen-bond donors (Lipinski definition) is 1. The van der Waals surface area contributed by atoms with E-state index in [1.807, 2.05) is 0 Å². The molecule has 0 saturated carbocycles. The Kier molecular flexibility index (Phi) is 4.39. The van der Waals surface area contributed by atoms with Gasteiger partial charge in [-0.25, -0.2) is 4.79 Å². The zero-order valence-corrected chi connectivity index (χ0v) is 13.6. The summed E-state index contributed by atoms with van der Waals surface area (Å²) in [6, 6.07) is 3.53. The Morgan fingerprint density at radius 1 is 1.41 bits per heavy atom. The van der Waals surface area contributed by atoms with E-state index in [1.165, 1.54) is 0 Å². The van der Waals surface area contributed by atoms with Gasteiger partial charge in [0.15, 0.2) is 0 Å². The molecule has 2 heterocycles. The number of benzene rings is 1. The fourth-order valence-electron chi connectivity index (χ4n) is 3.35. The molecular weight excluding hydrogens is 329 g/mol. The smallest absolute Gasteiger partial charge is 0.410 e. The summed E-state index contributed by atoms with van der Waals surface area (Å²) in [5.74, 6) is 0.711. The van der Waals surface area contributed by atoms with Crippen LogP contribution in [0, 0.1) is 0 Å². The number of methoxy groups -OCH3 is 1. The van der Waals surface area contributed by atoms with Crippen LogP contribution in [0.3, 0.4) is 0 Å². The van der Waals surface area contributed by atoms with Gasteiger partial charge in [0.25, 0.3) is 0 Å². The molecule has 3 atom stereocenters. The van der Waals surface area contributed by atoms with Crippen LogP contribution in [0.5, 0.6) is 5.75 Å². The van der Waals surface area contributed by atoms with E-state index in [9.17, 15) is 9.90 Å². The summed E-state index contributed by atoms with van der Waals surface area (Å²) in [5, 5.41) is 10.2. The number of cyclic esters (lactones) is 1. The number of carbonyl (C=O) groups is 1. The van der Waals surface area contributed by atoms with Crippen molar-refractivity contribution in [2.45, 2.75) is 30.9 Å². The van der Waals surface area contributed by atoms with Gasteiger partial charge in [-0.1, -0.05) is 23.2 Å². The number of halogens is 2. The molecule has 5 nitrogen and oxygen atoms in total. The zero-order valence-electron chi connectivity index (χ0n) is 12.1. The lowest BCUT2D eigenvalue weighted by molar-refractivity contribution is -0.0127. The van der Waals surface area contributed by atoms with E-state index in [0.717, 1.165) is 12.0 Å². The average molecular weight is 346 g/mol. The SMILES string of the molecule is COc1ccc(Cl)c(Cl)c1[C@H]1C[C@H]2CC(CO)OC(=O)N2C1. The van der Waals surface area contributed by atoms with Crippen molar-refractivity contribution in [3.05, 3.63) is 27.7 Å². The highest BCUT2D eigenvalue weighted by Gasteiger charge is 2.43. The summed E-state index contributed by atoms with van der Waals surface area (Å²) in [4.78, 5) is 13.7. The number of hydrogen-bond acceptors (Lipinski definition) is 4. The van der Waals surface area contributed by atoms with Crippen LogP contribution in [0.4, 0.5) is 4.79 Å². The van der Waals surface area contributed by atoms with E-state index in [0.29, 0.717) is 28.8 Å². The van der Waals surface area contributed by atoms with Crippen molar-refractivity contribution in [1.82, 2.24) is 4.90 Å². The van der Waals surface area contributed by atoms with Gasteiger partial charge in [0.05, 0.1) is 23.8 Å². The number of aliphatic hydroxyl groups is 1. The van der Waals surface area contributed by atoms with Crippen LogP contribution in [-0.4, -0.2) is 48.5 Å². The lowest BCUT2D eigenvalue weighted by Gasteiger charge is -2.33. The Balaban J connectivity index is 1.90. The first-order valence-corrected chi connectivity index (χ1v) is 7.90. The lowest BCUT2D eigenvalue weighted by atomic mass is 9.93. The van der Waals surface area contributed by atoms with Crippen LogP contribution < -0.4 is 4.74 Å². The maximum absolute atomic E-state index is 12.0. The number of ether oxygens (including phenoxy) is 2. The quantitative estimate of drug-likeness (QED) is 0.914. The highest BCUT2D eigenvalue weighted by Crippen LogP contribution is 2.45. The Morgan fingerprint density at radius 2 is 2.18 bits per heavy atom. The summed E-state index contributed by atoms with van der Waals surface area (Å²) >= 11 is 12.5. The predicted molar refractivity (Wildman–Crippen MR) is 82.8 cm³/mol. The Bertz CT molecular complexity index is 595. The Morgan fingerprint density at radius 3 is 2.86 bits per heavy atom. The maximum atomic E-state index is 12.0. The first-order chi connectivity index (χ1) is 10.5. The van der Waals surface area contributed by atoms with Gasteiger partial charge >= 0.3 is 6.09 Å². The van der Waals surface area contributed by atoms with Crippen molar-refractivity contribution in [3.63, 3.8) is 0 Å². The second-order valence-electron chi connectivity index (χ2n) is 5.64. The van der Waals surface area contributed by atoms with E-state index in [1.54, 1.807) is 24.1 Å². The molecule has 3 rings (SSSR count). The molecule has 0 spiro atoms. The average Bonchev–Trinajstić information content (AvgIpc) is 2.93. The van der Waals surface area contributed by atoms with Gasteiger partial charge in [0, 0.05) is 30.5 Å². The number of aliphatic hydroxyl groups excluding tert-OH is 1. The van der Waals surface area contributed by atoms with Crippen LogP contribution >= 0.6 is 23.2 Å². The Hall–Kier alpha value is -1.17. The first-order valence-electron chi connectivity index (χ1n) is 7.15. The molecule has 0 radical (unpaired) electrons. The van der Waals surface area contributed by atoms with Crippen molar-refractivity contribution >= 4 is 29.3 Å². The topological polar surface area (TPSA) is 59.0 Å². The summed E-state index contributed by atoms with van der Waals surface area (Å²) in [5.41, 5.74) is 0.833. The number of amides is 1. The summed E-state index contributed by atoms with van der Waals surface area (Å²) in [7, 11) is 1.58. The number of nitrogens with zero attached hydrogens (tertiary/aromatic N) is 1. The molecule has 0 aromatic heterocycles. The van der Waals surface area contributed by atoms with E-state index >= 15 is 0 Å². The van der Waals surface area contributed by atoms with Gasteiger partial charge < -0.3 is 19.5 Å². The largest absolute Gasteiger partial charge is 0.496 e. The standard InChI is InChI=1S/C15H17Cl2NO4/c1-21-12-3-2-11(16)14(17)13(12)8-4-9-5-10(7-19)22-15(20)18(9)6-8/h2-3,8-10,19H,4-7H2,1H3/t8-,9-,10?/m0/s1. The molecule has 1 N–H and O–H groups in total. The second kappa shape index (κ2) is 6.14. The molecular formula is C15H17Cl2NO4. The fraction of sp³-hybridized carbons (Fsp3) is 0.533. The van der Waals surface area contributed by atoms with Gasteiger partial charge in [-0.15, -0.1) is 0 Å². The number of fused-ring (bicyclic) bond motifs is 1. The molecule has 2 saturated heterocycles. The van der Waals surface area contributed by atoms with Gasteiger partial charge in [-0.2, -0.15) is 0 Å². The third-order valence-corrected chi connectivity index (χ3v) is 5.19. The minimum Gasteiger partial charge on any atom is -0.496 e. The number of carbonyl (C=O) groups excluding carboxylic acids is 1. The molecule has 1 unspecified atom stereocenters. The Labute approximate surface area is 138 Å². The van der Waals surface area contributed by atoms with Crippen LogP contribution in [-0.2, 0) is 4.74 Å². The molecule has 120 valence electrons. The normalized spacial score (nSPS) is 27.5. The van der Waals surface area contributed by atoms with Gasteiger partial charge in [-0.3, -0.25) is 0 Å². The molecule has 22 heavy (non-hydrogen) atoms. The highest BCUT2D eigenvalue weighted by atomic mass is 35.5. The van der Waals surface area contributed by atoms with E-state index in [4.69, 9.17) is 32.7 Å². The van der Waals surface area contributed by atoms with Gasteiger partial charge in [-0.05, 0) is 18.6 Å². The van der Waals surface area contributed by atoms with E-state index in [2.05, 4.69) is 0 Å².